The topological polar surface area (TPSA) is 49.4 Å². The molecule has 0 aromatic heterocycles. The summed E-state index contributed by atoms with van der Waals surface area (Å²) in [5.74, 6) is -0.776. The monoisotopic (exact) mass is 360 g/mol. The Morgan fingerprint density at radius 1 is 1.16 bits per heavy atom. The summed E-state index contributed by atoms with van der Waals surface area (Å²) >= 11 is 6.04. The van der Waals surface area contributed by atoms with Gasteiger partial charge in [0, 0.05) is 5.02 Å². The van der Waals surface area contributed by atoms with Crippen LogP contribution in [0.4, 0.5) is 9.18 Å². The van der Waals surface area contributed by atoms with E-state index in [1.165, 1.54) is 18.2 Å². The lowest BCUT2D eigenvalue weighted by Gasteiger charge is -2.27. The van der Waals surface area contributed by atoms with E-state index in [-0.39, 0.29) is 17.5 Å². The first-order chi connectivity index (χ1) is 12.0. The summed E-state index contributed by atoms with van der Waals surface area (Å²) < 4.78 is 13.2. The summed E-state index contributed by atoms with van der Waals surface area (Å²) in [7, 11) is 0. The molecule has 3 rings (SSSR count). The maximum Gasteiger partial charge on any atom is 0.325 e. The second-order valence-electron chi connectivity index (χ2n) is 6.08. The normalized spacial score (nSPS) is 20.0. The van der Waals surface area contributed by atoms with Crippen molar-refractivity contribution >= 4 is 23.5 Å². The molecule has 0 bridgehead atoms. The molecule has 0 radical (unpaired) electrons. The number of benzene rings is 2. The molecule has 0 aliphatic carbocycles. The Balaban J connectivity index is 1.95. The van der Waals surface area contributed by atoms with Crippen LogP contribution in [0.2, 0.25) is 5.02 Å². The van der Waals surface area contributed by atoms with E-state index in [1.54, 1.807) is 0 Å². The predicted molar refractivity (Wildman–Crippen MR) is 93.5 cm³/mol. The van der Waals surface area contributed by atoms with E-state index in [1.807, 2.05) is 37.3 Å². The average molecular weight is 361 g/mol. The summed E-state index contributed by atoms with van der Waals surface area (Å²) in [6.45, 7) is 1.96. The maximum atomic E-state index is 13.2. The van der Waals surface area contributed by atoms with Gasteiger partial charge in [0.1, 0.15) is 11.4 Å². The van der Waals surface area contributed by atoms with Gasteiger partial charge in [-0.15, -0.1) is 0 Å². The second kappa shape index (κ2) is 6.84. The molecule has 130 valence electrons. The summed E-state index contributed by atoms with van der Waals surface area (Å²) in [6, 6.07) is 12.7. The fraction of sp³-hybridized carbons (Fsp3) is 0.263. The molecule has 0 spiro atoms. The number of imide groups is 1. The van der Waals surface area contributed by atoms with Crippen molar-refractivity contribution in [2.45, 2.75) is 31.8 Å². The molecule has 1 atom stereocenters. The van der Waals surface area contributed by atoms with Crippen LogP contribution in [0.5, 0.6) is 0 Å². The Morgan fingerprint density at radius 3 is 2.52 bits per heavy atom. The lowest BCUT2D eigenvalue weighted by Crippen LogP contribution is -2.43. The van der Waals surface area contributed by atoms with E-state index in [2.05, 4.69) is 5.32 Å². The van der Waals surface area contributed by atoms with Crippen molar-refractivity contribution < 1.29 is 14.0 Å². The van der Waals surface area contributed by atoms with Crippen molar-refractivity contribution in [2.24, 2.45) is 0 Å². The van der Waals surface area contributed by atoms with Crippen LogP contribution in [0.25, 0.3) is 0 Å². The van der Waals surface area contributed by atoms with Gasteiger partial charge in [0.2, 0.25) is 0 Å². The van der Waals surface area contributed by atoms with Gasteiger partial charge in [-0.2, -0.15) is 0 Å². The summed E-state index contributed by atoms with van der Waals surface area (Å²) in [4.78, 5) is 26.8. The third-order valence-corrected chi connectivity index (χ3v) is 4.76. The SMILES string of the molecule is CCC[C@]1(c2ccccc2)NC(=O)N(Cc2ccc(F)cc2Cl)C1=O. The Labute approximate surface area is 150 Å². The van der Waals surface area contributed by atoms with Crippen molar-refractivity contribution in [3.63, 3.8) is 0 Å². The fourth-order valence-corrected chi connectivity index (χ4v) is 3.42. The van der Waals surface area contributed by atoms with Crippen LogP contribution in [-0.4, -0.2) is 16.8 Å². The van der Waals surface area contributed by atoms with Gasteiger partial charge in [0.25, 0.3) is 5.91 Å². The molecule has 1 fully saturated rings. The van der Waals surface area contributed by atoms with Crippen LogP contribution in [-0.2, 0) is 16.9 Å². The minimum absolute atomic E-state index is 0.00206. The van der Waals surface area contributed by atoms with Gasteiger partial charge >= 0.3 is 6.03 Å². The first kappa shape index (κ1) is 17.4. The Bertz CT molecular complexity index is 812. The molecule has 1 aliphatic heterocycles. The molecule has 0 saturated carbocycles. The first-order valence-electron chi connectivity index (χ1n) is 8.11. The van der Waals surface area contributed by atoms with Gasteiger partial charge in [-0.3, -0.25) is 9.69 Å². The smallest absolute Gasteiger partial charge is 0.319 e. The highest BCUT2D eigenvalue weighted by Gasteiger charge is 2.51. The number of hydrogen-bond donors (Lipinski definition) is 1. The molecule has 2 aromatic carbocycles. The maximum absolute atomic E-state index is 13.2. The zero-order chi connectivity index (χ0) is 18.0. The van der Waals surface area contributed by atoms with E-state index in [0.29, 0.717) is 12.0 Å². The molecular formula is C19H18ClFN2O2. The molecule has 25 heavy (non-hydrogen) atoms. The van der Waals surface area contributed by atoms with Gasteiger partial charge in [-0.1, -0.05) is 61.3 Å². The van der Waals surface area contributed by atoms with Gasteiger partial charge in [0.05, 0.1) is 6.54 Å². The fourth-order valence-electron chi connectivity index (χ4n) is 3.20. The van der Waals surface area contributed by atoms with Crippen LogP contribution in [0.15, 0.2) is 48.5 Å². The molecule has 1 heterocycles. The first-order valence-corrected chi connectivity index (χ1v) is 8.49. The minimum Gasteiger partial charge on any atom is -0.319 e. The van der Waals surface area contributed by atoms with Gasteiger partial charge in [-0.25, -0.2) is 9.18 Å². The lowest BCUT2D eigenvalue weighted by molar-refractivity contribution is -0.132. The third-order valence-electron chi connectivity index (χ3n) is 4.41. The average Bonchev–Trinajstić information content (AvgIpc) is 2.83. The van der Waals surface area contributed by atoms with E-state index >= 15 is 0 Å². The molecule has 0 unspecified atom stereocenters. The van der Waals surface area contributed by atoms with Crippen LogP contribution in [0.1, 0.15) is 30.9 Å². The lowest BCUT2D eigenvalue weighted by atomic mass is 9.85. The van der Waals surface area contributed by atoms with Crippen molar-refractivity contribution in [3.8, 4) is 0 Å². The van der Waals surface area contributed by atoms with E-state index < -0.39 is 17.4 Å². The second-order valence-corrected chi connectivity index (χ2v) is 6.49. The molecule has 1 saturated heterocycles. The zero-order valence-electron chi connectivity index (χ0n) is 13.8. The molecule has 6 heteroatoms. The number of carbonyl (C=O) groups is 2. The number of rotatable bonds is 5. The molecule has 1 aliphatic rings. The molecule has 1 N–H and O–H groups in total. The van der Waals surface area contributed by atoms with Gasteiger partial charge < -0.3 is 5.32 Å². The van der Waals surface area contributed by atoms with Gasteiger partial charge in [-0.05, 0) is 29.7 Å². The van der Waals surface area contributed by atoms with Crippen molar-refractivity contribution in [1.29, 1.82) is 0 Å². The molecule has 4 nitrogen and oxygen atoms in total. The zero-order valence-corrected chi connectivity index (χ0v) is 14.5. The van der Waals surface area contributed by atoms with Gasteiger partial charge in [0.15, 0.2) is 0 Å². The Kier molecular flexibility index (Phi) is 4.77. The number of nitrogens with zero attached hydrogens (tertiary/aromatic N) is 1. The van der Waals surface area contributed by atoms with Crippen molar-refractivity contribution in [3.05, 3.63) is 70.5 Å². The number of carbonyl (C=O) groups excluding carboxylic acids is 2. The number of hydrogen-bond acceptors (Lipinski definition) is 2. The standard InChI is InChI=1S/C19H18ClFN2O2/c1-2-10-19(14-6-4-3-5-7-14)17(24)23(18(25)22-19)12-13-8-9-15(21)11-16(13)20/h3-9,11H,2,10,12H2,1H3,(H,22,25)/t19-/m1/s1. The van der Waals surface area contributed by atoms with E-state index in [9.17, 15) is 14.0 Å². The third kappa shape index (κ3) is 3.12. The quantitative estimate of drug-likeness (QED) is 0.811. The Morgan fingerprint density at radius 2 is 1.88 bits per heavy atom. The highest BCUT2D eigenvalue weighted by molar-refractivity contribution is 6.31. The highest BCUT2D eigenvalue weighted by Crippen LogP contribution is 2.34. The van der Waals surface area contributed by atoms with Crippen molar-refractivity contribution in [1.82, 2.24) is 10.2 Å². The summed E-state index contributed by atoms with van der Waals surface area (Å²) in [5, 5.41) is 3.04. The molecule has 3 amide bonds. The van der Waals surface area contributed by atoms with E-state index in [0.717, 1.165) is 16.9 Å². The van der Waals surface area contributed by atoms with Crippen LogP contribution >= 0.6 is 11.6 Å². The molecule has 2 aromatic rings. The van der Waals surface area contributed by atoms with Crippen LogP contribution in [0, 0.1) is 5.82 Å². The Hall–Kier alpha value is -2.40. The number of nitrogens with one attached hydrogen (secondary N) is 1. The van der Waals surface area contributed by atoms with Crippen molar-refractivity contribution in [2.75, 3.05) is 0 Å². The van der Waals surface area contributed by atoms with E-state index in [4.69, 9.17) is 11.6 Å². The summed E-state index contributed by atoms with van der Waals surface area (Å²) in [6.07, 6.45) is 1.22. The largest absolute Gasteiger partial charge is 0.325 e. The minimum atomic E-state index is -1.07. The predicted octanol–water partition coefficient (Wildman–Crippen LogP) is 4.23. The number of halogens is 2. The van der Waals surface area contributed by atoms with Crippen LogP contribution < -0.4 is 5.32 Å². The highest BCUT2D eigenvalue weighted by atomic mass is 35.5. The molecular weight excluding hydrogens is 343 g/mol. The number of urea groups is 1. The number of amides is 3. The summed E-state index contributed by atoms with van der Waals surface area (Å²) in [5.41, 5.74) is 0.203. The van der Waals surface area contributed by atoms with Crippen LogP contribution in [0.3, 0.4) is 0 Å².